The Morgan fingerprint density at radius 3 is 1.78 bits per heavy atom. The van der Waals surface area contributed by atoms with Crippen LogP contribution in [-0.4, -0.2) is 51.9 Å². The van der Waals surface area contributed by atoms with E-state index >= 15 is 0 Å². The second-order valence-electron chi connectivity index (χ2n) is 11.4. The Morgan fingerprint density at radius 1 is 0.717 bits per heavy atom. The molecule has 0 spiro atoms. The molecule has 4 atom stereocenters. The Hall–Kier alpha value is -4.99. The van der Waals surface area contributed by atoms with Crippen molar-refractivity contribution in [3.63, 3.8) is 0 Å². The smallest absolute Gasteiger partial charge is 0.408 e. The third-order valence-electron chi connectivity index (χ3n) is 7.64. The molecule has 0 aromatic heterocycles. The molecule has 4 rings (SSSR count). The van der Waals surface area contributed by atoms with Gasteiger partial charge < -0.3 is 30.9 Å². The molecular formula is C37H41N3O6. The summed E-state index contributed by atoms with van der Waals surface area (Å²) in [7, 11) is 0. The molecule has 0 saturated heterocycles. The van der Waals surface area contributed by atoms with Crippen LogP contribution < -0.4 is 16.0 Å². The molecule has 0 aliphatic heterocycles. The molecule has 0 bridgehead atoms. The highest BCUT2D eigenvalue weighted by Gasteiger charge is 2.40. The molecule has 5 N–H and O–H groups in total. The number of hydrogen-bond donors (Lipinski definition) is 5. The minimum atomic E-state index is -2.00. The van der Waals surface area contributed by atoms with Gasteiger partial charge in [0.2, 0.25) is 5.91 Å². The molecule has 0 aliphatic rings. The zero-order valence-corrected chi connectivity index (χ0v) is 25.8. The van der Waals surface area contributed by atoms with Gasteiger partial charge in [0.05, 0.1) is 12.1 Å². The number of carbonyl (C=O) groups excluding carboxylic acids is 3. The van der Waals surface area contributed by atoms with Gasteiger partial charge in [-0.05, 0) is 35.6 Å². The van der Waals surface area contributed by atoms with E-state index in [2.05, 4.69) is 16.0 Å². The van der Waals surface area contributed by atoms with Crippen LogP contribution in [0.1, 0.15) is 35.6 Å². The molecule has 0 aliphatic carbocycles. The van der Waals surface area contributed by atoms with Gasteiger partial charge in [-0.1, -0.05) is 121 Å². The lowest BCUT2D eigenvalue weighted by molar-refractivity contribution is -0.144. The number of ether oxygens (including phenoxy) is 1. The van der Waals surface area contributed by atoms with Crippen molar-refractivity contribution in [2.45, 2.75) is 63.1 Å². The van der Waals surface area contributed by atoms with Crippen LogP contribution in [0, 0.1) is 0 Å². The Bertz CT molecular complexity index is 1520. The first kappa shape index (κ1) is 33.9. The van der Waals surface area contributed by atoms with E-state index in [1.807, 2.05) is 109 Å². The first-order chi connectivity index (χ1) is 22.2. The number of rotatable bonds is 15. The first-order valence-electron chi connectivity index (χ1n) is 15.3. The number of hydrogen-bond acceptors (Lipinski definition) is 6. The molecule has 0 radical (unpaired) electrons. The quantitative estimate of drug-likeness (QED) is 0.135. The van der Waals surface area contributed by atoms with E-state index in [9.17, 15) is 24.6 Å². The Balaban J connectivity index is 1.47. The molecule has 0 unspecified atom stereocenters. The van der Waals surface area contributed by atoms with E-state index in [4.69, 9.17) is 4.74 Å². The summed E-state index contributed by atoms with van der Waals surface area (Å²) in [4.78, 5) is 39.2. The fourth-order valence-corrected chi connectivity index (χ4v) is 5.08. The van der Waals surface area contributed by atoms with E-state index in [1.54, 1.807) is 12.1 Å². The van der Waals surface area contributed by atoms with Crippen molar-refractivity contribution >= 4 is 17.9 Å². The lowest BCUT2D eigenvalue weighted by Crippen LogP contribution is -2.56. The fourth-order valence-electron chi connectivity index (χ4n) is 5.08. The van der Waals surface area contributed by atoms with Crippen molar-refractivity contribution in [1.82, 2.24) is 16.0 Å². The van der Waals surface area contributed by atoms with Crippen LogP contribution in [0.4, 0.5) is 4.79 Å². The summed E-state index contributed by atoms with van der Waals surface area (Å²) in [5.41, 5.74) is 1.20. The van der Waals surface area contributed by atoms with E-state index in [0.717, 1.165) is 16.7 Å². The molecular weight excluding hydrogens is 582 g/mol. The average Bonchev–Trinajstić information content (AvgIpc) is 3.07. The Kier molecular flexibility index (Phi) is 12.5. The second-order valence-corrected chi connectivity index (χ2v) is 11.4. The SMILES string of the molecule is C[C@@H](NC(=O)OCc1ccccc1)C(=O)N[C@@H](Cc1ccccc1)[C@@H](O)C[C@@](O)(Cc1ccccc1)C(=O)NCc1ccccc1. The van der Waals surface area contributed by atoms with Crippen molar-refractivity contribution in [1.29, 1.82) is 0 Å². The summed E-state index contributed by atoms with van der Waals surface area (Å²) >= 11 is 0. The third kappa shape index (κ3) is 10.6. The molecule has 4 aromatic rings. The summed E-state index contributed by atoms with van der Waals surface area (Å²) < 4.78 is 5.24. The van der Waals surface area contributed by atoms with Crippen molar-refractivity contribution in [3.8, 4) is 0 Å². The maximum Gasteiger partial charge on any atom is 0.408 e. The van der Waals surface area contributed by atoms with Crippen LogP contribution in [0.15, 0.2) is 121 Å². The number of alkyl carbamates (subject to hydrolysis) is 1. The fraction of sp³-hybridized carbons (Fsp3) is 0.270. The van der Waals surface area contributed by atoms with Gasteiger partial charge in [-0.3, -0.25) is 9.59 Å². The minimum Gasteiger partial charge on any atom is -0.445 e. The van der Waals surface area contributed by atoms with Crippen LogP contribution in [0.25, 0.3) is 0 Å². The topological polar surface area (TPSA) is 137 Å². The molecule has 240 valence electrons. The largest absolute Gasteiger partial charge is 0.445 e. The lowest BCUT2D eigenvalue weighted by Gasteiger charge is -2.33. The first-order valence-corrected chi connectivity index (χ1v) is 15.3. The average molecular weight is 624 g/mol. The molecule has 0 fully saturated rings. The monoisotopic (exact) mass is 623 g/mol. The highest BCUT2D eigenvalue weighted by atomic mass is 16.5. The summed E-state index contributed by atoms with van der Waals surface area (Å²) in [5, 5.41) is 31.6. The van der Waals surface area contributed by atoms with Gasteiger partial charge in [-0.15, -0.1) is 0 Å². The highest BCUT2D eigenvalue weighted by molar-refractivity contribution is 5.86. The molecule has 3 amide bonds. The predicted molar refractivity (Wildman–Crippen MR) is 175 cm³/mol. The Morgan fingerprint density at radius 2 is 1.22 bits per heavy atom. The zero-order valence-electron chi connectivity index (χ0n) is 25.8. The van der Waals surface area contributed by atoms with Gasteiger partial charge in [-0.2, -0.15) is 0 Å². The summed E-state index contributed by atoms with van der Waals surface area (Å²) in [5.74, 6) is -1.20. The molecule has 4 aromatic carbocycles. The number of carbonyl (C=O) groups is 3. The van der Waals surface area contributed by atoms with Crippen LogP contribution >= 0.6 is 0 Å². The maximum atomic E-state index is 13.6. The van der Waals surface area contributed by atoms with Crippen LogP contribution in [0.3, 0.4) is 0 Å². The van der Waals surface area contributed by atoms with E-state index < -0.39 is 41.7 Å². The normalized spacial score (nSPS) is 14.2. The van der Waals surface area contributed by atoms with E-state index in [1.165, 1.54) is 6.92 Å². The van der Waals surface area contributed by atoms with Crippen molar-refractivity contribution in [2.75, 3.05) is 0 Å². The summed E-state index contributed by atoms with van der Waals surface area (Å²) in [6, 6.07) is 34.9. The van der Waals surface area contributed by atoms with Gasteiger partial charge >= 0.3 is 6.09 Å². The Labute approximate surface area is 269 Å². The van der Waals surface area contributed by atoms with Gasteiger partial charge in [0, 0.05) is 19.4 Å². The van der Waals surface area contributed by atoms with Gasteiger partial charge in [0.25, 0.3) is 5.91 Å². The van der Waals surface area contributed by atoms with Gasteiger partial charge in [-0.25, -0.2) is 4.79 Å². The van der Waals surface area contributed by atoms with Crippen LogP contribution in [-0.2, 0) is 40.3 Å². The number of nitrogens with one attached hydrogen (secondary N) is 3. The van der Waals surface area contributed by atoms with E-state index in [-0.39, 0.29) is 32.4 Å². The van der Waals surface area contributed by atoms with Gasteiger partial charge in [0.1, 0.15) is 18.2 Å². The number of benzene rings is 4. The summed E-state index contributed by atoms with van der Waals surface area (Å²) in [6.07, 6.45) is -2.30. The lowest BCUT2D eigenvalue weighted by atomic mass is 9.84. The number of amides is 3. The highest BCUT2D eigenvalue weighted by Crippen LogP contribution is 2.23. The van der Waals surface area contributed by atoms with E-state index in [0.29, 0.717) is 5.56 Å². The zero-order chi connectivity index (χ0) is 32.8. The van der Waals surface area contributed by atoms with Crippen molar-refractivity contribution < 1.29 is 29.3 Å². The summed E-state index contributed by atoms with van der Waals surface area (Å²) in [6.45, 7) is 1.75. The predicted octanol–water partition coefficient (Wildman–Crippen LogP) is 4.07. The molecule has 9 nitrogen and oxygen atoms in total. The van der Waals surface area contributed by atoms with Crippen molar-refractivity contribution in [3.05, 3.63) is 144 Å². The minimum absolute atomic E-state index is 0.0443. The molecule has 9 heteroatoms. The second kappa shape index (κ2) is 16.9. The number of aliphatic hydroxyl groups excluding tert-OH is 1. The van der Waals surface area contributed by atoms with Gasteiger partial charge in [0.15, 0.2) is 0 Å². The number of aliphatic hydroxyl groups is 2. The molecule has 46 heavy (non-hydrogen) atoms. The maximum absolute atomic E-state index is 13.6. The standard InChI is InChI=1S/C37H41N3O6/c1-27(39-36(44)46-26-31-20-12-5-13-21-31)34(42)40-32(22-28-14-6-2-7-15-28)33(41)24-37(45,23-29-16-8-3-9-17-29)35(43)38-25-30-18-10-4-11-19-30/h2-21,27,32-33,41,45H,22-26H2,1H3,(H,38,43)(H,39,44)(H,40,42)/t27-,32+,33+,37+/m1/s1. The third-order valence-corrected chi connectivity index (χ3v) is 7.64. The molecule has 0 heterocycles. The van der Waals surface area contributed by atoms with Crippen LogP contribution in [0.5, 0.6) is 0 Å². The van der Waals surface area contributed by atoms with Crippen molar-refractivity contribution in [2.24, 2.45) is 0 Å². The van der Waals surface area contributed by atoms with Crippen LogP contribution in [0.2, 0.25) is 0 Å². The molecule has 0 saturated carbocycles.